The Hall–Kier alpha value is -1.75. The highest BCUT2D eigenvalue weighted by Crippen LogP contribution is 2.34. The van der Waals surface area contributed by atoms with E-state index in [-0.39, 0.29) is 19.0 Å². The Morgan fingerprint density at radius 3 is 2.55 bits per heavy atom. The molecule has 0 aromatic heterocycles. The molecule has 0 unspecified atom stereocenters. The van der Waals surface area contributed by atoms with E-state index in [1.807, 2.05) is 6.07 Å². The molecule has 1 aliphatic rings. The lowest BCUT2D eigenvalue weighted by Crippen LogP contribution is -2.38. The molecule has 22 heavy (non-hydrogen) atoms. The number of carboxylic acid groups (broad SMARTS) is 1. The molecule has 0 saturated carbocycles. The summed E-state index contributed by atoms with van der Waals surface area (Å²) >= 11 is 5.97. The zero-order valence-corrected chi connectivity index (χ0v) is 13.6. The average Bonchev–Trinajstić information content (AvgIpc) is 2.82. The molecular formula is C16H19ClNO4-. The predicted molar refractivity (Wildman–Crippen MR) is 80.5 cm³/mol. The number of halogens is 1. The number of aliphatic carboxylic acids is 1. The van der Waals surface area contributed by atoms with Crippen LogP contribution in [0, 0.1) is 5.92 Å². The van der Waals surface area contributed by atoms with Crippen LogP contribution in [-0.2, 0) is 9.53 Å². The average molecular weight is 325 g/mol. The molecule has 5 nitrogen and oxygen atoms in total. The van der Waals surface area contributed by atoms with E-state index < -0.39 is 23.6 Å². The van der Waals surface area contributed by atoms with Gasteiger partial charge in [0, 0.05) is 35.9 Å². The van der Waals surface area contributed by atoms with Crippen molar-refractivity contribution in [1.29, 1.82) is 0 Å². The SMILES string of the molecule is CC(C)(C)OC(=O)N1C[C@H](C(=O)[O-])[C@@H](c2cccc(Cl)c2)C1. The van der Waals surface area contributed by atoms with E-state index in [0.29, 0.717) is 5.02 Å². The summed E-state index contributed by atoms with van der Waals surface area (Å²) in [6.45, 7) is 5.66. The lowest BCUT2D eigenvalue weighted by molar-refractivity contribution is -0.311. The predicted octanol–water partition coefficient (Wildman–Crippen LogP) is 2.04. The van der Waals surface area contributed by atoms with E-state index in [0.717, 1.165) is 5.56 Å². The van der Waals surface area contributed by atoms with E-state index in [2.05, 4.69) is 0 Å². The first-order valence-corrected chi connectivity index (χ1v) is 7.49. The summed E-state index contributed by atoms with van der Waals surface area (Å²) in [4.78, 5) is 25.0. The third kappa shape index (κ3) is 3.91. The van der Waals surface area contributed by atoms with Crippen LogP contribution in [0.1, 0.15) is 32.3 Å². The van der Waals surface area contributed by atoms with E-state index in [1.54, 1.807) is 39.0 Å². The molecule has 1 aromatic carbocycles. The molecule has 0 spiro atoms. The molecule has 1 aromatic rings. The summed E-state index contributed by atoms with van der Waals surface area (Å²) in [5.41, 5.74) is 0.162. The Labute approximate surface area is 134 Å². The minimum Gasteiger partial charge on any atom is -0.550 e. The first kappa shape index (κ1) is 16.6. The summed E-state index contributed by atoms with van der Waals surface area (Å²) < 4.78 is 5.31. The lowest BCUT2D eigenvalue weighted by atomic mass is 9.89. The number of likely N-dealkylation sites (tertiary alicyclic amines) is 1. The van der Waals surface area contributed by atoms with Crippen LogP contribution in [0.2, 0.25) is 5.02 Å². The fourth-order valence-corrected chi connectivity index (χ4v) is 2.79. The summed E-state index contributed by atoms with van der Waals surface area (Å²) in [6, 6.07) is 7.02. The quantitative estimate of drug-likeness (QED) is 0.834. The number of amides is 1. The van der Waals surface area contributed by atoms with Gasteiger partial charge in [-0.3, -0.25) is 0 Å². The van der Waals surface area contributed by atoms with Gasteiger partial charge in [-0.1, -0.05) is 23.7 Å². The van der Waals surface area contributed by atoms with Crippen LogP contribution < -0.4 is 5.11 Å². The molecule has 2 rings (SSSR count). The summed E-state index contributed by atoms with van der Waals surface area (Å²) in [5.74, 6) is -2.29. The monoisotopic (exact) mass is 324 g/mol. The van der Waals surface area contributed by atoms with Gasteiger partial charge in [0.2, 0.25) is 0 Å². The van der Waals surface area contributed by atoms with Crippen molar-refractivity contribution in [3.8, 4) is 0 Å². The van der Waals surface area contributed by atoms with Gasteiger partial charge in [-0.05, 0) is 38.5 Å². The first-order valence-electron chi connectivity index (χ1n) is 7.11. The van der Waals surface area contributed by atoms with Gasteiger partial charge in [-0.2, -0.15) is 0 Å². The number of hydrogen-bond acceptors (Lipinski definition) is 4. The minimum absolute atomic E-state index is 0.0778. The van der Waals surface area contributed by atoms with E-state index in [4.69, 9.17) is 16.3 Å². The highest BCUT2D eigenvalue weighted by molar-refractivity contribution is 6.30. The Morgan fingerprint density at radius 1 is 1.32 bits per heavy atom. The topological polar surface area (TPSA) is 69.7 Å². The van der Waals surface area contributed by atoms with E-state index in [9.17, 15) is 14.7 Å². The van der Waals surface area contributed by atoms with Gasteiger partial charge < -0.3 is 19.5 Å². The molecule has 1 amide bonds. The first-order chi connectivity index (χ1) is 10.2. The molecule has 1 fully saturated rings. The molecule has 0 N–H and O–H groups in total. The smallest absolute Gasteiger partial charge is 0.410 e. The van der Waals surface area contributed by atoms with E-state index in [1.165, 1.54) is 4.90 Å². The molecule has 2 atom stereocenters. The molecule has 0 aliphatic carbocycles. The second-order valence-corrected chi connectivity index (χ2v) is 6.91. The molecule has 120 valence electrons. The molecule has 1 saturated heterocycles. The van der Waals surface area contributed by atoms with Crippen molar-refractivity contribution in [3.63, 3.8) is 0 Å². The van der Waals surface area contributed by atoms with Gasteiger partial charge >= 0.3 is 6.09 Å². The summed E-state index contributed by atoms with van der Waals surface area (Å²) in [6.07, 6.45) is -0.511. The highest BCUT2D eigenvalue weighted by atomic mass is 35.5. The van der Waals surface area contributed by atoms with Gasteiger partial charge in [-0.15, -0.1) is 0 Å². The Balaban J connectivity index is 2.20. The number of rotatable bonds is 2. The number of carbonyl (C=O) groups excluding carboxylic acids is 2. The van der Waals surface area contributed by atoms with Crippen molar-refractivity contribution >= 4 is 23.7 Å². The largest absolute Gasteiger partial charge is 0.550 e. The van der Waals surface area contributed by atoms with Gasteiger partial charge in [0.1, 0.15) is 5.60 Å². The fourth-order valence-electron chi connectivity index (χ4n) is 2.59. The summed E-state index contributed by atoms with van der Waals surface area (Å²) in [5, 5.41) is 11.9. The Kier molecular flexibility index (Phi) is 4.66. The van der Waals surface area contributed by atoms with Crippen molar-refractivity contribution in [2.24, 2.45) is 5.92 Å². The van der Waals surface area contributed by atoms with Gasteiger partial charge in [-0.25, -0.2) is 4.79 Å². The van der Waals surface area contributed by atoms with E-state index >= 15 is 0 Å². The molecule has 0 radical (unpaired) electrons. The number of hydrogen-bond donors (Lipinski definition) is 0. The molecule has 1 heterocycles. The maximum atomic E-state index is 12.1. The molecule has 1 aliphatic heterocycles. The lowest BCUT2D eigenvalue weighted by Gasteiger charge is -2.24. The van der Waals surface area contributed by atoms with Crippen LogP contribution >= 0.6 is 11.6 Å². The maximum Gasteiger partial charge on any atom is 0.410 e. The standard InChI is InChI=1S/C16H20ClNO4/c1-16(2,3)22-15(21)18-8-12(13(9-18)14(19)20)10-5-4-6-11(17)7-10/h4-7,12-13H,8-9H2,1-3H3,(H,19,20)/p-1/t12-,13+/m1/s1. The minimum atomic E-state index is -1.17. The maximum absolute atomic E-state index is 12.1. The number of nitrogens with zero attached hydrogens (tertiary/aromatic N) is 1. The zero-order chi connectivity index (χ0) is 16.5. The van der Waals surface area contributed by atoms with Gasteiger partial charge in [0.25, 0.3) is 0 Å². The second-order valence-electron chi connectivity index (χ2n) is 6.47. The van der Waals surface area contributed by atoms with Crippen LogP contribution in [0.15, 0.2) is 24.3 Å². The number of benzene rings is 1. The van der Waals surface area contributed by atoms with Gasteiger partial charge in [0.15, 0.2) is 0 Å². The zero-order valence-electron chi connectivity index (χ0n) is 12.8. The second kappa shape index (κ2) is 6.16. The number of carbonyl (C=O) groups is 2. The highest BCUT2D eigenvalue weighted by Gasteiger charge is 2.38. The molecule has 6 heteroatoms. The van der Waals surface area contributed by atoms with Gasteiger partial charge in [0.05, 0.1) is 0 Å². The van der Waals surface area contributed by atoms with Crippen LogP contribution in [0.25, 0.3) is 0 Å². The van der Waals surface area contributed by atoms with Crippen molar-refractivity contribution in [1.82, 2.24) is 4.90 Å². The van der Waals surface area contributed by atoms with Crippen molar-refractivity contribution in [2.75, 3.05) is 13.1 Å². The third-order valence-corrected chi connectivity index (χ3v) is 3.79. The van der Waals surface area contributed by atoms with Crippen LogP contribution in [0.3, 0.4) is 0 Å². The number of ether oxygens (including phenoxy) is 1. The van der Waals surface area contributed by atoms with Crippen LogP contribution in [0.5, 0.6) is 0 Å². The van der Waals surface area contributed by atoms with Crippen molar-refractivity contribution in [3.05, 3.63) is 34.9 Å². The third-order valence-electron chi connectivity index (χ3n) is 3.55. The Morgan fingerprint density at radius 2 is 2.00 bits per heavy atom. The normalized spacial score (nSPS) is 21.7. The Bertz CT molecular complexity index is 582. The van der Waals surface area contributed by atoms with Crippen molar-refractivity contribution in [2.45, 2.75) is 32.3 Å². The van der Waals surface area contributed by atoms with Crippen LogP contribution in [0.4, 0.5) is 4.79 Å². The van der Waals surface area contributed by atoms with Crippen LogP contribution in [-0.4, -0.2) is 35.7 Å². The van der Waals surface area contributed by atoms with Crippen molar-refractivity contribution < 1.29 is 19.4 Å². The number of carboxylic acids is 1. The summed E-state index contributed by atoms with van der Waals surface area (Å²) in [7, 11) is 0. The molecule has 0 bridgehead atoms. The fraction of sp³-hybridized carbons (Fsp3) is 0.500. The molecular weight excluding hydrogens is 306 g/mol.